The summed E-state index contributed by atoms with van der Waals surface area (Å²) in [4.78, 5) is 4.77. The van der Waals surface area contributed by atoms with Gasteiger partial charge in [-0.2, -0.15) is 0 Å². The second-order valence-corrected chi connectivity index (χ2v) is 17.0. The highest BCUT2D eigenvalue weighted by Gasteiger charge is 2.19. The number of aryl methyl sites for hydroxylation is 2. The Morgan fingerprint density at radius 1 is 0.197 bits per heavy atom. The third-order valence-electron chi connectivity index (χ3n) is 13.1. The van der Waals surface area contributed by atoms with E-state index < -0.39 is 0 Å². The second-order valence-electron chi connectivity index (χ2n) is 17.0. The Morgan fingerprint density at radius 2 is 0.409 bits per heavy atom. The summed E-state index contributed by atoms with van der Waals surface area (Å²) in [7, 11) is 0. The Hall–Kier alpha value is -8.46. The highest BCUT2D eigenvalue weighted by molar-refractivity contribution is 6.08. The number of nitrogens with zero attached hydrogens (tertiary/aromatic N) is 2. The van der Waals surface area contributed by atoms with E-state index in [-0.39, 0.29) is 0 Å². The molecule has 0 aromatic heterocycles. The fourth-order valence-electron chi connectivity index (χ4n) is 9.54. The fraction of sp³-hybridized carbons (Fsp3) is 0.0312. The van der Waals surface area contributed by atoms with E-state index in [0.29, 0.717) is 0 Å². The van der Waals surface area contributed by atoms with Gasteiger partial charge >= 0.3 is 0 Å². The molecule has 2 heteroatoms. The summed E-state index contributed by atoms with van der Waals surface area (Å²) in [6, 6.07) is 92.2. The first-order valence-electron chi connectivity index (χ1n) is 22.7. The summed E-state index contributed by atoms with van der Waals surface area (Å²) >= 11 is 0. The zero-order valence-electron chi connectivity index (χ0n) is 37.1. The number of anilines is 6. The molecule has 11 aromatic rings. The van der Waals surface area contributed by atoms with Crippen molar-refractivity contribution in [2.75, 3.05) is 9.80 Å². The minimum atomic E-state index is 1.11. The van der Waals surface area contributed by atoms with Gasteiger partial charge in [0.2, 0.25) is 0 Å². The minimum absolute atomic E-state index is 1.11. The van der Waals surface area contributed by atoms with Gasteiger partial charge in [-0.15, -0.1) is 0 Å². The molecule has 0 aliphatic carbocycles. The van der Waals surface area contributed by atoms with Crippen LogP contribution in [0, 0.1) is 13.8 Å². The Kier molecular flexibility index (Phi) is 10.8. The third kappa shape index (κ3) is 7.80. The summed E-state index contributed by atoms with van der Waals surface area (Å²) in [6.45, 7) is 4.56. The van der Waals surface area contributed by atoms with Crippen LogP contribution in [0.2, 0.25) is 0 Å². The normalized spacial score (nSPS) is 11.2. The molecule has 0 radical (unpaired) electrons. The molecule has 0 unspecified atom stereocenters. The van der Waals surface area contributed by atoms with Crippen LogP contribution in [0.3, 0.4) is 0 Å². The molecular formula is C64H48N2. The zero-order chi connectivity index (χ0) is 44.4. The van der Waals surface area contributed by atoms with E-state index in [1.54, 1.807) is 0 Å². The van der Waals surface area contributed by atoms with Crippen LogP contribution in [-0.4, -0.2) is 0 Å². The predicted octanol–water partition coefficient (Wildman–Crippen LogP) is 18.2. The molecule has 0 saturated heterocycles. The molecule has 0 spiro atoms. The molecule has 0 amide bonds. The molecule has 314 valence electrons. The molecule has 0 fully saturated rings. The van der Waals surface area contributed by atoms with Crippen LogP contribution in [0.15, 0.2) is 255 Å². The maximum atomic E-state index is 2.39. The van der Waals surface area contributed by atoms with Crippen LogP contribution >= 0.6 is 0 Å². The summed E-state index contributed by atoms with van der Waals surface area (Å²) in [5.41, 5.74) is 18.8. The van der Waals surface area contributed by atoms with Crippen LogP contribution < -0.4 is 9.80 Å². The van der Waals surface area contributed by atoms with Crippen molar-refractivity contribution in [2.24, 2.45) is 0 Å². The van der Waals surface area contributed by atoms with Crippen LogP contribution in [0.1, 0.15) is 11.1 Å². The Bertz CT molecular complexity index is 3020. The fourth-order valence-corrected chi connectivity index (χ4v) is 9.54. The lowest BCUT2D eigenvalue weighted by atomic mass is 9.92. The van der Waals surface area contributed by atoms with E-state index in [1.807, 2.05) is 0 Å². The summed E-state index contributed by atoms with van der Waals surface area (Å²) in [5.74, 6) is 0. The zero-order valence-corrected chi connectivity index (χ0v) is 37.1. The van der Waals surface area contributed by atoms with Crippen LogP contribution in [-0.2, 0) is 0 Å². The third-order valence-corrected chi connectivity index (χ3v) is 13.1. The van der Waals surface area contributed by atoms with E-state index in [0.717, 1.165) is 34.1 Å². The first kappa shape index (κ1) is 40.3. The van der Waals surface area contributed by atoms with E-state index >= 15 is 0 Å². The van der Waals surface area contributed by atoms with E-state index in [1.165, 1.54) is 77.2 Å². The van der Waals surface area contributed by atoms with Crippen molar-refractivity contribution in [2.45, 2.75) is 13.8 Å². The quantitative estimate of drug-likeness (QED) is 0.127. The monoisotopic (exact) mass is 844 g/mol. The highest BCUT2D eigenvalue weighted by atomic mass is 15.1. The van der Waals surface area contributed by atoms with E-state index in [2.05, 4.69) is 278 Å². The van der Waals surface area contributed by atoms with Crippen LogP contribution in [0.5, 0.6) is 0 Å². The van der Waals surface area contributed by atoms with Gasteiger partial charge in [-0.25, -0.2) is 0 Å². The maximum absolute atomic E-state index is 2.39. The van der Waals surface area contributed by atoms with Crippen molar-refractivity contribution in [3.8, 4) is 44.5 Å². The molecule has 0 saturated carbocycles. The average Bonchev–Trinajstić information content (AvgIpc) is 3.40. The van der Waals surface area contributed by atoms with Crippen molar-refractivity contribution in [1.29, 1.82) is 0 Å². The molecule has 11 rings (SSSR count). The molecule has 2 nitrogen and oxygen atoms in total. The summed E-state index contributed by atoms with van der Waals surface area (Å²) in [6.07, 6.45) is 0. The number of fused-ring (bicyclic) bond motifs is 2. The lowest BCUT2D eigenvalue weighted by Gasteiger charge is -2.28. The van der Waals surface area contributed by atoms with Crippen molar-refractivity contribution in [3.05, 3.63) is 266 Å². The number of hydrogen-bond donors (Lipinski definition) is 0. The van der Waals surface area contributed by atoms with Crippen molar-refractivity contribution < 1.29 is 0 Å². The highest BCUT2D eigenvalue weighted by Crippen LogP contribution is 2.43. The number of rotatable bonds is 10. The molecule has 0 heterocycles. The molecule has 0 aliphatic rings. The van der Waals surface area contributed by atoms with Gasteiger partial charge in [0.15, 0.2) is 0 Å². The van der Waals surface area contributed by atoms with Gasteiger partial charge in [-0.1, -0.05) is 182 Å². The van der Waals surface area contributed by atoms with Gasteiger partial charge in [-0.05, 0) is 164 Å². The first-order chi connectivity index (χ1) is 32.6. The molecule has 0 aliphatic heterocycles. The van der Waals surface area contributed by atoms with Gasteiger partial charge in [-0.3, -0.25) is 0 Å². The van der Waals surface area contributed by atoms with E-state index in [9.17, 15) is 0 Å². The van der Waals surface area contributed by atoms with Crippen LogP contribution in [0.25, 0.3) is 66.1 Å². The van der Waals surface area contributed by atoms with Crippen molar-refractivity contribution in [3.63, 3.8) is 0 Å². The number of hydrogen-bond acceptors (Lipinski definition) is 2. The lowest BCUT2D eigenvalue weighted by Crippen LogP contribution is -2.10. The molecule has 0 atom stereocenters. The van der Waals surface area contributed by atoms with Gasteiger partial charge in [0.1, 0.15) is 0 Å². The predicted molar refractivity (Wildman–Crippen MR) is 282 cm³/mol. The molecule has 11 aromatic carbocycles. The van der Waals surface area contributed by atoms with Gasteiger partial charge < -0.3 is 9.80 Å². The van der Waals surface area contributed by atoms with Gasteiger partial charge in [0.25, 0.3) is 0 Å². The minimum Gasteiger partial charge on any atom is -0.310 e. The standard InChI is InChI=1S/C64H48N2/c1-45-61-41-39-60(66(57-35-27-53(28-36-57)49-19-11-5-12-20-49)58-37-29-54(30-38-58)50-21-13-6-14-22-50)44-64(61)46(2)62-42-40-59(43-63(45)62)65(55-31-23-51(24-32-55)47-15-7-3-8-16-47)56-33-25-52(26-34-56)48-17-9-4-10-18-48/h3-44H,1-2H3. The smallest absolute Gasteiger partial charge is 0.0468 e. The van der Waals surface area contributed by atoms with Crippen molar-refractivity contribution in [1.82, 2.24) is 0 Å². The Morgan fingerprint density at radius 3 is 0.652 bits per heavy atom. The molecular weight excluding hydrogens is 797 g/mol. The topological polar surface area (TPSA) is 6.48 Å². The molecule has 66 heavy (non-hydrogen) atoms. The SMILES string of the molecule is Cc1c2ccc(N(c3ccc(-c4ccccc4)cc3)c3ccc(-c4ccccc4)cc3)cc2c(C)c2ccc(N(c3ccc(-c4ccccc4)cc3)c3ccc(-c4ccccc4)cc3)cc12. The molecule has 0 bridgehead atoms. The Labute approximate surface area is 388 Å². The lowest BCUT2D eigenvalue weighted by molar-refractivity contribution is 1.28. The first-order valence-corrected chi connectivity index (χ1v) is 22.7. The Balaban J connectivity index is 1.01. The summed E-state index contributed by atoms with van der Waals surface area (Å²) < 4.78 is 0. The van der Waals surface area contributed by atoms with E-state index in [4.69, 9.17) is 0 Å². The van der Waals surface area contributed by atoms with Crippen molar-refractivity contribution >= 4 is 55.7 Å². The average molecular weight is 845 g/mol. The summed E-state index contributed by atoms with van der Waals surface area (Å²) in [5, 5.41) is 5.01. The van der Waals surface area contributed by atoms with Gasteiger partial charge in [0, 0.05) is 34.1 Å². The molecule has 0 N–H and O–H groups in total. The maximum Gasteiger partial charge on any atom is 0.0468 e. The largest absolute Gasteiger partial charge is 0.310 e. The number of benzene rings is 11. The second kappa shape index (κ2) is 17.6. The van der Waals surface area contributed by atoms with Gasteiger partial charge in [0.05, 0.1) is 0 Å². The van der Waals surface area contributed by atoms with Crippen LogP contribution in [0.4, 0.5) is 34.1 Å².